The topological polar surface area (TPSA) is 89.9 Å². The minimum Gasteiger partial charge on any atom is -0.454 e. The highest BCUT2D eigenvalue weighted by Gasteiger charge is 2.36. The molecule has 1 N–H and O–H groups in total. The molecule has 1 aromatic heterocycles. The first-order valence-electron chi connectivity index (χ1n) is 12.0. The van der Waals surface area contributed by atoms with Gasteiger partial charge in [-0.3, -0.25) is 19.3 Å². The average Bonchev–Trinajstić information content (AvgIpc) is 3.51. The maximum atomic E-state index is 13.0. The molecule has 1 fully saturated rings. The van der Waals surface area contributed by atoms with Gasteiger partial charge in [0.1, 0.15) is 6.54 Å². The molecule has 2 aliphatic heterocycles. The Bertz CT molecular complexity index is 1440. The van der Waals surface area contributed by atoms with Crippen molar-refractivity contribution < 1.29 is 23.9 Å². The van der Waals surface area contributed by atoms with E-state index in [0.717, 1.165) is 39.3 Å². The Morgan fingerprint density at radius 1 is 1.05 bits per heavy atom. The molecule has 0 saturated carbocycles. The number of ether oxygens (including phenoxy) is 2. The summed E-state index contributed by atoms with van der Waals surface area (Å²) in [5.41, 5.74) is 5.62. The molecule has 0 atom stereocenters. The van der Waals surface area contributed by atoms with Gasteiger partial charge in [0.15, 0.2) is 11.5 Å². The predicted octanol–water partition coefficient (Wildman–Crippen LogP) is 5.62. The quantitative estimate of drug-likeness (QED) is 0.427. The fourth-order valence-electron chi connectivity index (χ4n) is 4.44. The molecule has 0 radical (unpaired) electrons. The molecule has 1 saturated heterocycles. The highest BCUT2D eigenvalue weighted by Crippen LogP contribution is 2.35. The second-order valence-electron chi connectivity index (χ2n) is 9.29. The minimum absolute atomic E-state index is 0.128. The first kappa shape index (κ1) is 24.7. The molecule has 2 aromatic carbocycles. The van der Waals surface area contributed by atoms with Crippen molar-refractivity contribution in [3.8, 4) is 17.2 Å². The first-order valence-corrected chi connectivity index (χ1v) is 12.8. The molecule has 5 rings (SSSR count). The van der Waals surface area contributed by atoms with Crippen LogP contribution in [0, 0.1) is 13.8 Å². The van der Waals surface area contributed by atoms with Crippen LogP contribution in [0.15, 0.2) is 53.4 Å². The van der Waals surface area contributed by atoms with Gasteiger partial charge in [-0.15, -0.1) is 0 Å². The van der Waals surface area contributed by atoms with E-state index in [4.69, 9.17) is 9.47 Å². The maximum Gasteiger partial charge on any atom is 0.294 e. The van der Waals surface area contributed by atoms with Crippen molar-refractivity contribution in [2.24, 2.45) is 0 Å². The molecule has 37 heavy (non-hydrogen) atoms. The van der Waals surface area contributed by atoms with E-state index in [0.29, 0.717) is 23.1 Å². The zero-order chi connectivity index (χ0) is 26.3. The third-order valence-electron chi connectivity index (χ3n) is 6.41. The number of imide groups is 1. The second-order valence-corrected chi connectivity index (χ2v) is 10.3. The molecule has 3 amide bonds. The number of benzene rings is 2. The van der Waals surface area contributed by atoms with E-state index in [1.54, 1.807) is 24.3 Å². The number of hydrogen-bond acceptors (Lipinski definition) is 6. The number of carbonyl (C=O) groups is 3. The van der Waals surface area contributed by atoms with Crippen LogP contribution in [0.1, 0.15) is 42.3 Å². The highest BCUT2D eigenvalue weighted by atomic mass is 32.2. The fraction of sp³-hybridized carbons (Fsp3) is 0.250. The Kier molecular flexibility index (Phi) is 6.55. The van der Waals surface area contributed by atoms with Crippen LogP contribution < -0.4 is 14.8 Å². The Labute approximate surface area is 219 Å². The van der Waals surface area contributed by atoms with Gasteiger partial charge in [0.2, 0.25) is 12.7 Å². The smallest absolute Gasteiger partial charge is 0.294 e. The van der Waals surface area contributed by atoms with Crippen molar-refractivity contribution in [1.82, 2.24) is 9.47 Å². The number of anilines is 1. The van der Waals surface area contributed by atoms with E-state index < -0.39 is 17.1 Å². The minimum atomic E-state index is -0.484. The zero-order valence-corrected chi connectivity index (χ0v) is 21.8. The van der Waals surface area contributed by atoms with E-state index >= 15 is 0 Å². The standard InChI is InChI=1S/C28H27N3O5S/c1-16(2)19-5-8-22(9-6-19)31-17(3)11-20(18(31)4)12-25-27(33)30(28(34)37-25)14-26(32)29-21-7-10-23-24(13-21)36-15-35-23/h5-13,16H,14-15H2,1-4H3,(H,29,32). The molecule has 0 spiro atoms. The third kappa shape index (κ3) is 4.86. The van der Waals surface area contributed by atoms with Gasteiger partial charge in [-0.2, -0.15) is 0 Å². The lowest BCUT2D eigenvalue weighted by Crippen LogP contribution is -2.36. The number of rotatable bonds is 6. The van der Waals surface area contributed by atoms with Crippen molar-refractivity contribution >= 4 is 40.6 Å². The van der Waals surface area contributed by atoms with Crippen LogP contribution in [0.25, 0.3) is 11.8 Å². The number of fused-ring (bicyclic) bond motifs is 1. The number of nitrogens with zero attached hydrogens (tertiary/aromatic N) is 2. The van der Waals surface area contributed by atoms with Crippen LogP contribution in [-0.2, 0) is 9.59 Å². The molecule has 9 heteroatoms. The molecular weight excluding hydrogens is 490 g/mol. The number of hydrogen-bond donors (Lipinski definition) is 1. The second kappa shape index (κ2) is 9.82. The zero-order valence-electron chi connectivity index (χ0n) is 21.0. The summed E-state index contributed by atoms with van der Waals surface area (Å²) in [5, 5.41) is 2.22. The van der Waals surface area contributed by atoms with E-state index in [2.05, 4.69) is 48.0 Å². The van der Waals surface area contributed by atoms with Crippen molar-refractivity contribution in [1.29, 1.82) is 0 Å². The largest absolute Gasteiger partial charge is 0.454 e. The van der Waals surface area contributed by atoms with E-state index in [-0.39, 0.29) is 18.2 Å². The Balaban J connectivity index is 1.31. The summed E-state index contributed by atoms with van der Waals surface area (Å²) in [6, 6.07) is 15.4. The molecule has 8 nitrogen and oxygen atoms in total. The fourth-order valence-corrected chi connectivity index (χ4v) is 5.26. The van der Waals surface area contributed by atoms with Crippen LogP contribution in [0.5, 0.6) is 11.5 Å². The summed E-state index contributed by atoms with van der Waals surface area (Å²) in [5.74, 6) is 0.611. The van der Waals surface area contributed by atoms with Gasteiger partial charge in [0.05, 0.1) is 4.91 Å². The normalized spacial score (nSPS) is 15.8. The van der Waals surface area contributed by atoms with Crippen LogP contribution in [-0.4, -0.2) is 39.9 Å². The summed E-state index contributed by atoms with van der Waals surface area (Å²) in [6.07, 6.45) is 1.72. The molecule has 0 aliphatic carbocycles. The van der Waals surface area contributed by atoms with Crippen molar-refractivity contribution in [3.05, 3.63) is 76.0 Å². The molecule has 3 aromatic rings. The van der Waals surface area contributed by atoms with Crippen LogP contribution >= 0.6 is 11.8 Å². The van der Waals surface area contributed by atoms with Crippen molar-refractivity contribution in [2.45, 2.75) is 33.6 Å². The Hall–Kier alpha value is -3.98. The number of thioether (sulfide) groups is 1. The summed E-state index contributed by atoms with van der Waals surface area (Å²) in [4.78, 5) is 39.5. The van der Waals surface area contributed by atoms with Crippen molar-refractivity contribution in [3.63, 3.8) is 0 Å². The predicted molar refractivity (Wildman–Crippen MR) is 143 cm³/mol. The third-order valence-corrected chi connectivity index (χ3v) is 7.31. The maximum absolute atomic E-state index is 13.0. The summed E-state index contributed by atoms with van der Waals surface area (Å²) in [6.45, 7) is 8.06. The molecule has 3 heterocycles. The lowest BCUT2D eigenvalue weighted by atomic mass is 10.0. The van der Waals surface area contributed by atoms with Gasteiger partial charge in [-0.05, 0) is 79.1 Å². The van der Waals surface area contributed by atoms with Gasteiger partial charge >= 0.3 is 0 Å². The van der Waals surface area contributed by atoms with E-state index in [9.17, 15) is 14.4 Å². The van der Waals surface area contributed by atoms with Crippen LogP contribution in [0.2, 0.25) is 0 Å². The summed E-state index contributed by atoms with van der Waals surface area (Å²) in [7, 11) is 0. The SMILES string of the molecule is Cc1cc(C=C2SC(=O)N(CC(=O)Nc3ccc4c(c3)OCO4)C2=O)c(C)n1-c1ccc(C(C)C)cc1. The van der Waals surface area contributed by atoms with Gasteiger partial charge in [-0.25, -0.2) is 0 Å². The highest BCUT2D eigenvalue weighted by molar-refractivity contribution is 8.18. The van der Waals surface area contributed by atoms with Gasteiger partial charge in [0, 0.05) is 28.8 Å². The molecule has 0 bridgehead atoms. The lowest BCUT2D eigenvalue weighted by molar-refractivity contribution is -0.127. The number of amides is 3. The first-order chi connectivity index (χ1) is 17.7. The number of nitrogens with one attached hydrogen (secondary N) is 1. The average molecular weight is 518 g/mol. The Morgan fingerprint density at radius 3 is 2.51 bits per heavy atom. The monoisotopic (exact) mass is 517 g/mol. The number of aryl methyl sites for hydroxylation is 1. The molecular formula is C28H27N3O5S. The van der Waals surface area contributed by atoms with Crippen LogP contribution in [0.3, 0.4) is 0 Å². The van der Waals surface area contributed by atoms with Gasteiger partial charge in [-0.1, -0.05) is 26.0 Å². The number of carbonyl (C=O) groups excluding carboxylic acids is 3. The summed E-state index contributed by atoms with van der Waals surface area (Å²) < 4.78 is 12.7. The lowest BCUT2D eigenvalue weighted by Gasteiger charge is -2.13. The van der Waals surface area contributed by atoms with Crippen molar-refractivity contribution in [2.75, 3.05) is 18.7 Å². The molecule has 190 valence electrons. The van der Waals surface area contributed by atoms with Crippen LogP contribution in [0.4, 0.5) is 10.5 Å². The van der Waals surface area contributed by atoms with E-state index in [1.807, 2.05) is 19.9 Å². The number of aromatic nitrogens is 1. The molecule has 0 unspecified atom stereocenters. The van der Waals surface area contributed by atoms with E-state index in [1.165, 1.54) is 5.56 Å². The molecule has 2 aliphatic rings. The Morgan fingerprint density at radius 2 is 1.78 bits per heavy atom. The summed E-state index contributed by atoms with van der Waals surface area (Å²) >= 11 is 0.839. The van der Waals surface area contributed by atoms with Gasteiger partial charge < -0.3 is 19.4 Å². The van der Waals surface area contributed by atoms with Gasteiger partial charge in [0.25, 0.3) is 11.1 Å².